The van der Waals surface area contributed by atoms with E-state index in [0.29, 0.717) is 16.1 Å². The number of anilines is 1. The van der Waals surface area contributed by atoms with E-state index in [1.54, 1.807) is 23.5 Å². The van der Waals surface area contributed by atoms with Crippen LogP contribution in [0.5, 0.6) is 0 Å². The number of benzene rings is 1. The van der Waals surface area contributed by atoms with Gasteiger partial charge in [-0.05, 0) is 19.1 Å². The summed E-state index contributed by atoms with van der Waals surface area (Å²) in [5.74, 6) is -1.02. The van der Waals surface area contributed by atoms with Crippen LogP contribution in [0.1, 0.15) is 23.8 Å². The third-order valence-corrected chi connectivity index (χ3v) is 6.36. The van der Waals surface area contributed by atoms with E-state index < -0.39 is 42.9 Å². The predicted octanol–water partition coefficient (Wildman–Crippen LogP) is 3.93. The molecule has 1 saturated heterocycles. The van der Waals surface area contributed by atoms with Crippen molar-refractivity contribution < 1.29 is 32.2 Å². The number of aryl methyl sites for hydroxylation is 1. The number of nitrogens with one attached hydrogen (secondary N) is 2. The minimum Gasteiger partial charge on any atom is -0.388 e. The Kier molecular flexibility index (Phi) is 7.57. The van der Waals surface area contributed by atoms with Crippen molar-refractivity contribution in [3.63, 3.8) is 0 Å². The minimum absolute atomic E-state index is 0.0593. The summed E-state index contributed by atoms with van der Waals surface area (Å²) < 4.78 is 59.0. The van der Waals surface area contributed by atoms with E-state index in [0.717, 1.165) is 5.56 Å². The quantitative estimate of drug-likeness (QED) is 0.281. The van der Waals surface area contributed by atoms with Crippen LogP contribution in [0.4, 0.5) is 23.4 Å². The Morgan fingerprint density at radius 2 is 2.05 bits per heavy atom. The summed E-state index contributed by atoms with van der Waals surface area (Å²) in [6.07, 6.45) is -4.40. The number of carbonyl (C=O) groups is 1. The summed E-state index contributed by atoms with van der Waals surface area (Å²) in [6.45, 7) is 0.367. The molecule has 1 aliphatic rings. The zero-order valence-corrected chi connectivity index (χ0v) is 21.5. The first-order valence-electron chi connectivity index (χ1n) is 12.0. The zero-order chi connectivity index (χ0) is 28.6. The van der Waals surface area contributed by atoms with Crippen molar-refractivity contribution >= 4 is 34.5 Å². The van der Waals surface area contributed by atoms with E-state index in [1.165, 1.54) is 29.4 Å². The Labute approximate surface area is 229 Å². The molecule has 0 spiro atoms. The number of halogens is 5. The topological polar surface area (TPSA) is 127 Å². The molecule has 3 aromatic heterocycles. The summed E-state index contributed by atoms with van der Waals surface area (Å²) in [7, 11) is 0. The number of carbonyl (C=O) groups excluding carboxylic acids is 1. The van der Waals surface area contributed by atoms with Crippen molar-refractivity contribution in [1.82, 2.24) is 29.8 Å². The third-order valence-electron chi connectivity index (χ3n) is 6.15. The normalized spacial score (nSPS) is 19.2. The van der Waals surface area contributed by atoms with Crippen LogP contribution in [0.25, 0.3) is 22.6 Å². The molecule has 0 radical (unpaired) electrons. The number of rotatable bonds is 7. The molecular weight excluding hydrogens is 558 g/mol. The zero-order valence-electron chi connectivity index (χ0n) is 20.8. The van der Waals surface area contributed by atoms with Crippen LogP contribution in [-0.2, 0) is 16.1 Å². The average molecular weight is 580 g/mol. The average Bonchev–Trinajstić information content (AvgIpc) is 3.50. The number of hydrogen-bond donors (Lipinski definition) is 3. The Hall–Kier alpha value is -3.88. The number of amides is 1. The molecule has 10 nitrogen and oxygen atoms in total. The number of aromatic nitrogens is 5. The van der Waals surface area contributed by atoms with Gasteiger partial charge in [0.1, 0.15) is 24.6 Å². The fraction of sp³-hybridized carbons (Fsp3) is 0.320. The minimum atomic E-state index is -4.60. The monoisotopic (exact) mass is 579 g/mol. The van der Waals surface area contributed by atoms with E-state index >= 15 is 0 Å². The smallest absolute Gasteiger partial charge is 0.388 e. The van der Waals surface area contributed by atoms with Gasteiger partial charge in [-0.25, -0.2) is 19.3 Å². The molecule has 210 valence electrons. The lowest BCUT2D eigenvalue weighted by Crippen LogP contribution is -2.40. The molecule has 4 aromatic rings. The Morgan fingerprint density at radius 3 is 2.80 bits per heavy atom. The summed E-state index contributed by atoms with van der Waals surface area (Å²) >= 11 is 6.10. The maximum absolute atomic E-state index is 14.4. The molecule has 0 unspecified atom stereocenters. The lowest BCUT2D eigenvalue weighted by molar-refractivity contribution is -0.146. The van der Waals surface area contributed by atoms with Crippen LogP contribution in [0.2, 0.25) is 5.02 Å². The van der Waals surface area contributed by atoms with Crippen LogP contribution >= 0.6 is 11.6 Å². The number of nitrogens with zero attached hydrogens (tertiary/aromatic N) is 5. The first-order valence-corrected chi connectivity index (χ1v) is 12.4. The molecule has 0 bridgehead atoms. The van der Waals surface area contributed by atoms with Gasteiger partial charge in [0.25, 0.3) is 0 Å². The SMILES string of the molecule is Cc1ccc(F)c(CNc2nc(-c3cncc(Cl)c3)nc3c2ncn3[C@@H]2O[C@H](C(=O)NCC(F)(F)F)C[C@H]2O)c1. The fourth-order valence-corrected chi connectivity index (χ4v) is 4.45. The molecule has 15 heteroatoms. The van der Waals surface area contributed by atoms with Gasteiger partial charge >= 0.3 is 6.18 Å². The lowest BCUT2D eigenvalue weighted by atomic mass is 10.1. The molecule has 4 heterocycles. The molecule has 5 rings (SSSR count). The largest absolute Gasteiger partial charge is 0.405 e. The molecule has 3 atom stereocenters. The molecule has 1 aliphatic heterocycles. The van der Waals surface area contributed by atoms with Gasteiger partial charge in [-0.15, -0.1) is 0 Å². The van der Waals surface area contributed by atoms with Gasteiger partial charge in [0.05, 0.1) is 11.3 Å². The summed E-state index contributed by atoms with van der Waals surface area (Å²) in [4.78, 5) is 29.7. The van der Waals surface area contributed by atoms with Crippen molar-refractivity contribution in [3.8, 4) is 11.4 Å². The van der Waals surface area contributed by atoms with Gasteiger partial charge in [-0.2, -0.15) is 13.2 Å². The molecule has 0 saturated carbocycles. The highest BCUT2D eigenvalue weighted by Gasteiger charge is 2.41. The first-order chi connectivity index (χ1) is 19.0. The number of pyridine rings is 1. The molecule has 0 aliphatic carbocycles. The van der Waals surface area contributed by atoms with Crippen LogP contribution < -0.4 is 10.6 Å². The highest BCUT2D eigenvalue weighted by atomic mass is 35.5. The van der Waals surface area contributed by atoms with Crippen LogP contribution in [0.3, 0.4) is 0 Å². The van der Waals surface area contributed by atoms with Crippen LogP contribution in [-0.4, -0.2) is 60.4 Å². The summed E-state index contributed by atoms with van der Waals surface area (Å²) in [6, 6.07) is 6.28. The fourth-order valence-electron chi connectivity index (χ4n) is 4.28. The number of alkyl halides is 3. The molecule has 1 fully saturated rings. The second kappa shape index (κ2) is 10.9. The van der Waals surface area contributed by atoms with Gasteiger partial charge in [0.2, 0.25) is 5.91 Å². The summed E-state index contributed by atoms with van der Waals surface area (Å²) in [5, 5.41) is 15.8. The predicted molar refractivity (Wildman–Crippen MR) is 136 cm³/mol. The highest BCUT2D eigenvalue weighted by Crippen LogP contribution is 2.34. The second-order valence-corrected chi connectivity index (χ2v) is 9.65. The third kappa shape index (κ3) is 5.98. The van der Waals surface area contributed by atoms with Gasteiger partial charge in [-0.3, -0.25) is 14.3 Å². The van der Waals surface area contributed by atoms with E-state index in [2.05, 4.69) is 25.3 Å². The first kappa shape index (κ1) is 27.7. The Bertz CT molecular complexity index is 1570. The number of hydrogen-bond acceptors (Lipinski definition) is 8. The lowest BCUT2D eigenvalue weighted by Gasteiger charge is -2.17. The van der Waals surface area contributed by atoms with Crippen molar-refractivity contribution in [1.29, 1.82) is 0 Å². The Balaban J connectivity index is 1.49. The van der Waals surface area contributed by atoms with Crippen molar-refractivity contribution in [2.75, 3.05) is 11.9 Å². The van der Waals surface area contributed by atoms with Gasteiger partial charge < -0.3 is 20.5 Å². The van der Waals surface area contributed by atoms with E-state index in [4.69, 9.17) is 16.3 Å². The number of imidazole rings is 1. The molecule has 3 N–H and O–H groups in total. The maximum atomic E-state index is 14.4. The molecule has 1 amide bonds. The highest BCUT2D eigenvalue weighted by molar-refractivity contribution is 6.30. The van der Waals surface area contributed by atoms with Gasteiger partial charge in [0, 0.05) is 36.5 Å². The van der Waals surface area contributed by atoms with Crippen molar-refractivity contribution in [2.45, 2.75) is 44.5 Å². The Morgan fingerprint density at radius 1 is 1.25 bits per heavy atom. The van der Waals surface area contributed by atoms with Crippen LogP contribution in [0, 0.1) is 12.7 Å². The second-order valence-electron chi connectivity index (χ2n) is 9.21. The maximum Gasteiger partial charge on any atom is 0.405 e. The van der Waals surface area contributed by atoms with Gasteiger partial charge in [0.15, 0.2) is 29.0 Å². The van der Waals surface area contributed by atoms with Crippen molar-refractivity contribution in [2.24, 2.45) is 0 Å². The van der Waals surface area contributed by atoms with E-state index in [1.807, 2.05) is 6.92 Å². The molecule has 1 aromatic carbocycles. The standard InChI is InChI=1S/C25H22ClF4N7O3/c1-12-2-3-16(27)13(4-12)8-32-21-19-22(36-20(35-21)14-5-15(26)9-31-7-14)37(11-34-19)24-17(38)6-18(40-24)23(39)33-10-25(28,29)30/h2-5,7,9,11,17-18,24,38H,6,8,10H2,1H3,(H,33,39)(H,32,35,36)/t17-,18+,24-/m1/s1. The molecular formula is C25H22ClF4N7O3. The summed E-state index contributed by atoms with van der Waals surface area (Å²) in [5.41, 5.74) is 2.12. The van der Waals surface area contributed by atoms with Crippen LogP contribution in [0.15, 0.2) is 43.0 Å². The van der Waals surface area contributed by atoms with E-state index in [-0.39, 0.29) is 35.8 Å². The van der Waals surface area contributed by atoms with Gasteiger partial charge in [-0.1, -0.05) is 29.3 Å². The van der Waals surface area contributed by atoms with E-state index in [9.17, 15) is 27.5 Å². The number of aliphatic hydroxyl groups excluding tert-OH is 1. The number of ether oxygens (including phenoxy) is 1. The number of aliphatic hydroxyl groups is 1. The van der Waals surface area contributed by atoms with Crippen molar-refractivity contribution in [3.05, 3.63) is 65.0 Å². The molecule has 40 heavy (non-hydrogen) atoms. The number of fused-ring (bicyclic) bond motifs is 1.